The Balaban J connectivity index is 3.92. The number of hydrogen-bond acceptors (Lipinski definition) is 4. The summed E-state index contributed by atoms with van der Waals surface area (Å²) in [5, 5.41) is 0. The molecule has 0 aromatic rings. The molecule has 1 atom stereocenters. The Hall–Kier alpha value is -0.610. The van der Waals surface area contributed by atoms with Crippen LogP contribution in [-0.2, 0) is 19.0 Å². The highest BCUT2D eigenvalue weighted by Gasteiger charge is 2.21. The topological polar surface area (TPSA) is 44.8 Å². The Morgan fingerprint density at radius 1 is 1.31 bits per heavy atom. The summed E-state index contributed by atoms with van der Waals surface area (Å²) in [4.78, 5) is 11.4. The van der Waals surface area contributed by atoms with E-state index in [4.69, 9.17) is 14.2 Å². The van der Waals surface area contributed by atoms with Crippen LogP contribution in [0.1, 0.15) is 40.5 Å². The van der Waals surface area contributed by atoms with Gasteiger partial charge in [0.1, 0.15) is 0 Å². The Morgan fingerprint density at radius 3 is 2.38 bits per heavy atom. The summed E-state index contributed by atoms with van der Waals surface area (Å²) in [7, 11) is 1.67. The Labute approximate surface area is 98.3 Å². The van der Waals surface area contributed by atoms with E-state index < -0.39 is 6.10 Å². The van der Waals surface area contributed by atoms with Crippen LogP contribution in [0.3, 0.4) is 0 Å². The van der Waals surface area contributed by atoms with Gasteiger partial charge in [-0.05, 0) is 33.6 Å². The zero-order valence-electron chi connectivity index (χ0n) is 11.0. The monoisotopic (exact) mass is 232 g/mol. The highest BCUT2D eigenvalue weighted by atomic mass is 16.6. The first-order valence-corrected chi connectivity index (χ1v) is 5.80. The third-order valence-electron chi connectivity index (χ3n) is 2.50. The first-order chi connectivity index (χ1) is 7.46. The van der Waals surface area contributed by atoms with Gasteiger partial charge in [0.2, 0.25) is 0 Å². The fourth-order valence-corrected chi connectivity index (χ4v) is 1.14. The van der Waals surface area contributed by atoms with Crippen molar-refractivity contribution in [1.29, 1.82) is 0 Å². The smallest absolute Gasteiger partial charge is 0.335 e. The number of hydrogen-bond donors (Lipinski definition) is 0. The predicted molar refractivity (Wildman–Crippen MR) is 62.4 cm³/mol. The molecule has 0 heterocycles. The van der Waals surface area contributed by atoms with Crippen molar-refractivity contribution in [3.8, 4) is 0 Å². The molecule has 0 rings (SSSR count). The van der Waals surface area contributed by atoms with E-state index in [1.165, 1.54) is 0 Å². The van der Waals surface area contributed by atoms with Crippen molar-refractivity contribution in [2.45, 2.75) is 52.2 Å². The van der Waals surface area contributed by atoms with Gasteiger partial charge in [-0.1, -0.05) is 6.92 Å². The average Bonchev–Trinajstić information content (AvgIpc) is 2.24. The summed E-state index contributed by atoms with van der Waals surface area (Å²) in [6, 6.07) is 0. The van der Waals surface area contributed by atoms with Gasteiger partial charge in [0.25, 0.3) is 0 Å². The third-order valence-corrected chi connectivity index (χ3v) is 2.50. The second kappa shape index (κ2) is 7.63. The number of rotatable bonds is 8. The minimum atomic E-state index is -0.451. The van der Waals surface area contributed by atoms with Crippen LogP contribution in [0, 0.1) is 0 Å². The number of carbonyl (C=O) groups is 1. The van der Waals surface area contributed by atoms with Crippen LogP contribution in [0.4, 0.5) is 0 Å². The largest absolute Gasteiger partial charge is 0.464 e. The molecule has 0 saturated heterocycles. The molecule has 0 amide bonds. The van der Waals surface area contributed by atoms with Crippen molar-refractivity contribution in [2.24, 2.45) is 0 Å². The lowest BCUT2D eigenvalue weighted by Crippen LogP contribution is -2.30. The molecule has 0 spiro atoms. The summed E-state index contributed by atoms with van der Waals surface area (Å²) in [6.07, 6.45) is 0.929. The fraction of sp³-hybridized carbons (Fsp3) is 0.917. The highest BCUT2D eigenvalue weighted by Crippen LogP contribution is 2.13. The van der Waals surface area contributed by atoms with Crippen molar-refractivity contribution in [2.75, 3.05) is 20.3 Å². The molecule has 0 aliphatic rings. The summed E-state index contributed by atoms with van der Waals surface area (Å²) in [5.74, 6) is -0.278. The zero-order valence-corrected chi connectivity index (χ0v) is 11.0. The number of ether oxygens (including phenoxy) is 3. The van der Waals surface area contributed by atoms with Gasteiger partial charge in [-0.15, -0.1) is 0 Å². The van der Waals surface area contributed by atoms with Crippen molar-refractivity contribution in [1.82, 2.24) is 0 Å². The first kappa shape index (κ1) is 15.4. The maximum Gasteiger partial charge on any atom is 0.335 e. The summed E-state index contributed by atoms with van der Waals surface area (Å²) < 4.78 is 15.7. The molecule has 0 saturated carbocycles. The molecule has 0 aliphatic carbocycles. The summed E-state index contributed by atoms with van der Waals surface area (Å²) in [6.45, 7) is 8.56. The quantitative estimate of drug-likeness (QED) is 0.602. The molecule has 96 valence electrons. The standard InChI is InChI=1S/C12H24O4/c1-6-10(11(13)15-7-2)16-9-8-12(3,4)14-5/h10H,6-9H2,1-5H3. The van der Waals surface area contributed by atoms with Crippen LogP contribution in [0.5, 0.6) is 0 Å². The van der Waals surface area contributed by atoms with Gasteiger partial charge in [0.15, 0.2) is 6.10 Å². The number of methoxy groups -OCH3 is 1. The van der Waals surface area contributed by atoms with Crippen LogP contribution in [0.15, 0.2) is 0 Å². The van der Waals surface area contributed by atoms with E-state index >= 15 is 0 Å². The van der Waals surface area contributed by atoms with E-state index in [1.54, 1.807) is 14.0 Å². The second-order valence-electron chi connectivity index (χ2n) is 4.23. The molecule has 0 radical (unpaired) electrons. The van der Waals surface area contributed by atoms with Gasteiger partial charge in [-0.3, -0.25) is 0 Å². The van der Waals surface area contributed by atoms with Crippen molar-refractivity contribution in [3.63, 3.8) is 0 Å². The molecule has 0 N–H and O–H groups in total. The molecule has 1 unspecified atom stereocenters. The number of esters is 1. The summed E-state index contributed by atoms with van der Waals surface area (Å²) in [5.41, 5.74) is -0.215. The maximum atomic E-state index is 11.4. The van der Waals surface area contributed by atoms with E-state index in [0.29, 0.717) is 19.6 Å². The molecule has 0 fully saturated rings. The lowest BCUT2D eigenvalue weighted by atomic mass is 10.1. The Kier molecular flexibility index (Phi) is 7.34. The SMILES string of the molecule is CCOC(=O)C(CC)OCCC(C)(C)OC. The highest BCUT2D eigenvalue weighted by molar-refractivity contribution is 5.74. The minimum Gasteiger partial charge on any atom is -0.464 e. The van der Waals surface area contributed by atoms with Gasteiger partial charge in [-0.2, -0.15) is 0 Å². The predicted octanol–water partition coefficient (Wildman–Crippen LogP) is 2.16. The van der Waals surface area contributed by atoms with Gasteiger partial charge < -0.3 is 14.2 Å². The van der Waals surface area contributed by atoms with Crippen LogP contribution in [-0.4, -0.2) is 38.0 Å². The van der Waals surface area contributed by atoms with Crippen LogP contribution < -0.4 is 0 Å². The molecule has 0 aromatic heterocycles. The van der Waals surface area contributed by atoms with E-state index in [2.05, 4.69) is 0 Å². The van der Waals surface area contributed by atoms with Gasteiger partial charge in [-0.25, -0.2) is 4.79 Å². The Bertz CT molecular complexity index is 201. The van der Waals surface area contributed by atoms with Crippen molar-refractivity contribution in [3.05, 3.63) is 0 Å². The summed E-state index contributed by atoms with van der Waals surface area (Å²) >= 11 is 0. The Morgan fingerprint density at radius 2 is 1.94 bits per heavy atom. The van der Waals surface area contributed by atoms with E-state index in [0.717, 1.165) is 6.42 Å². The maximum absolute atomic E-state index is 11.4. The fourth-order valence-electron chi connectivity index (χ4n) is 1.14. The van der Waals surface area contributed by atoms with Gasteiger partial charge in [0.05, 0.1) is 18.8 Å². The lowest BCUT2D eigenvalue weighted by Gasteiger charge is -2.23. The van der Waals surface area contributed by atoms with Crippen LogP contribution in [0.2, 0.25) is 0 Å². The van der Waals surface area contributed by atoms with Crippen LogP contribution in [0.25, 0.3) is 0 Å². The third kappa shape index (κ3) is 6.08. The molecule has 4 nitrogen and oxygen atoms in total. The van der Waals surface area contributed by atoms with Crippen molar-refractivity contribution >= 4 is 5.97 Å². The zero-order chi connectivity index (χ0) is 12.6. The number of carbonyl (C=O) groups excluding carboxylic acids is 1. The van der Waals surface area contributed by atoms with Crippen molar-refractivity contribution < 1.29 is 19.0 Å². The van der Waals surface area contributed by atoms with Gasteiger partial charge >= 0.3 is 5.97 Å². The normalized spacial score (nSPS) is 13.6. The average molecular weight is 232 g/mol. The minimum absolute atomic E-state index is 0.215. The first-order valence-electron chi connectivity index (χ1n) is 5.80. The van der Waals surface area contributed by atoms with E-state index in [9.17, 15) is 4.79 Å². The molecule has 0 aromatic carbocycles. The molecular weight excluding hydrogens is 208 g/mol. The molecule has 16 heavy (non-hydrogen) atoms. The van der Waals surface area contributed by atoms with Gasteiger partial charge in [0, 0.05) is 7.11 Å². The second-order valence-corrected chi connectivity index (χ2v) is 4.23. The molecular formula is C12H24O4. The van der Waals surface area contributed by atoms with E-state index in [1.807, 2.05) is 20.8 Å². The molecule has 0 aliphatic heterocycles. The molecule has 4 heteroatoms. The molecule has 0 bridgehead atoms. The lowest BCUT2D eigenvalue weighted by molar-refractivity contribution is -0.158. The van der Waals surface area contributed by atoms with E-state index in [-0.39, 0.29) is 11.6 Å². The van der Waals surface area contributed by atoms with Crippen LogP contribution >= 0.6 is 0 Å².